The Morgan fingerprint density at radius 1 is 0.651 bits per heavy atom. The first-order valence-electron chi connectivity index (χ1n) is 14.6. The number of hydrogen-bond acceptors (Lipinski definition) is 4. The van der Waals surface area contributed by atoms with Gasteiger partial charge in [-0.05, 0) is 53.4 Å². The zero-order chi connectivity index (χ0) is 29.0. The highest BCUT2D eigenvalue weighted by atomic mass is 16.4. The molecule has 4 heteroatoms. The van der Waals surface area contributed by atoms with Crippen LogP contribution in [0.5, 0.6) is 0 Å². The first-order valence-corrected chi connectivity index (χ1v) is 14.6. The van der Waals surface area contributed by atoms with Gasteiger partial charge in [-0.25, -0.2) is 4.98 Å². The Labute approximate surface area is 252 Å². The molecule has 0 spiro atoms. The Hall–Kier alpha value is -5.48. The quantitative estimate of drug-likeness (QED) is 0.183. The summed E-state index contributed by atoms with van der Waals surface area (Å²) < 4.78 is 6.01. The minimum absolute atomic E-state index is 0.157. The summed E-state index contributed by atoms with van der Waals surface area (Å²) in [5.74, 6) is 1.39. The first kappa shape index (κ1) is 26.4. The minimum Gasteiger partial charge on any atom is -0.436 e. The van der Waals surface area contributed by atoms with Crippen molar-refractivity contribution in [1.29, 1.82) is 0 Å². The second-order valence-electron chi connectivity index (χ2n) is 10.8. The molecule has 1 unspecified atom stereocenters. The van der Waals surface area contributed by atoms with E-state index in [9.17, 15) is 0 Å². The molecule has 2 heterocycles. The van der Waals surface area contributed by atoms with Gasteiger partial charge in [0.25, 0.3) is 0 Å². The van der Waals surface area contributed by atoms with Gasteiger partial charge in [0.2, 0.25) is 5.89 Å². The van der Waals surface area contributed by atoms with Crippen molar-refractivity contribution in [2.24, 2.45) is 5.10 Å². The molecule has 4 nitrogen and oxygen atoms in total. The lowest BCUT2D eigenvalue weighted by Crippen LogP contribution is -2.18. The van der Waals surface area contributed by atoms with E-state index in [1.807, 2.05) is 42.5 Å². The van der Waals surface area contributed by atoms with Crippen molar-refractivity contribution >= 4 is 23.6 Å². The van der Waals surface area contributed by atoms with Crippen LogP contribution in [0.4, 0.5) is 5.69 Å². The number of benzene rings is 5. The molecule has 0 bridgehead atoms. The predicted molar refractivity (Wildman–Crippen MR) is 177 cm³/mol. The highest BCUT2D eigenvalue weighted by Crippen LogP contribution is 2.37. The van der Waals surface area contributed by atoms with Crippen molar-refractivity contribution in [1.82, 2.24) is 4.98 Å². The summed E-state index contributed by atoms with van der Waals surface area (Å²) in [6.45, 7) is 2.12. The first-order chi connectivity index (χ1) is 21.2. The van der Waals surface area contributed by atoms with E-state index in [1.54, 1.807) is 6.20 Å². The lowest BCUT2D eigenvalue weighted by Gasteiger charge is -2.24. The molecule has 1 atom stereocenters. The molecule has 43 heavy (non-hydrogen) atoms. The van der Waals surface area contributed by atoms with Crippen LogP contribution in [0.25, 0.3) is 34.9 Å². The van der Waals surface area contributed by atoms with Crippen LogP contribution in [-0.4, -0.2) is 10.7 Å². The van der Waals surface area contributed by atoms with Gasteiger partial charge in [-0.15, -0.1) is 0 Å². The average molecular weight is 558 g/mol. The second-order valence-corrected chi connectivity index (χ2v) is 10.8. The van der Waals surface area contributed by atoms with Gasteiger partial charge >= 0.3 is 0 Å². The molecule has 1 aliphatic heterocycles. The zero-order valence-corrected chi connectivity index (χ0v) is 24.0. The molecular weight excluding hydrogens is 526 g/mol. The Bertz CT molecular complexity index is 1870. The lowest BCUT2D eigenvalue weighted by atomic mass is 9.98. The fourth-order valence-electron chi connectivity index (χ4n) is 5.41. The van der Waals surface area contributed by atoms with Crippen LogP contribution < -0.4 is 5.01 Å². The van der Waals surface area contributed by atoms with Gasteiger partial charge in [0, 0.05) is 17.5 Å². The fourth-order valence-corrected chi connectivity index (χ4v) is 5.41. The van der Waals surface area contributed by atoms with Crippen molar-refractivity contribution in [2.45, 2.75) is 19.4 Å². The molecule has 208 valence electrons. The second kappa shape index (κ2) is 11.8. The van der Waals surface area contributed by atoms with Crippen molar-refractivity contribution in [2.75, 3.05) is 5.01 Å². The molecule has 7 rings (SSSR count). The zero-order valence-electron chi connectivity index (χ0n) is 24.0. The van der Waals surface area contributed by atoms with Crippen LogP contribution in [0, 0.1) is 6.92 Å². The Morgan fingerprint density at radius 3 is 1.93 bits per heavy atom. The number of oxazole rings is 1. The molecule has 0 radical (unpaired) electrons. The van der Waals surface area contributed by atoms with Gasteiger partial charge in [0.05, 0.1) is 23.6 Å². The number of rotatable bonds is 7. The van der Waals surface area contributed by atoms with E-state index in [4.69, 9.17) is 9.52 Å². The number of aromatic nitrogens is 1. The molecule has 0 amide bonds. The lowest BCUT2D eigenvalue weighted by molar-refractivity contribution is 0.589. The molecule has 6 aromatic rings. The summed E-state index contributed by atoms with van der Waals surface area (Å²) >= 11 is 0. The molecule has 0 N–H and O–H groups in total. The highest BCUT2D eigenvalue weighted by Gasteiger charge is 2.29. The van der Waals surface area contributed by atoms with Crippen molar-refractivity contribution < 1.29 is 4.42 Å². The molecule has 1 aliphatic rings. The highest BCUT2D eigenvalue weighted by molar-refractivity contribution is 6.03. The van der Waals surface area contributed by atoms with Crippen LogP contribution in [0.1, 0.15) is 40.3 Å². The van der Waals surface area contributed by atoms with E-state index in [0.717, 1.165) is 45.8 Å². The molecular formula is C39H31N3O. The van der Waals surface area contributed by atoms with Gasteiger partial charge < -0.3 is 4.42 Å². The number of hydrogen-bond donors (Lipinski definition) is 0. The summed E-state index contributed by atoms with van der Waals surface area (Å²) in [6.07, 6.45) is 6.91. The molecule has 5 aromatic carbocycles. The standard InChI is InChI=1S/C39H31N3O/c1-28-12-20-31(21-13-28)36-26-37(32-8-4-2-5-9-32)42(41-36)35-24-18-30(19-25-35)15-14-29-16-22-34(23-17-29)39-40-27-38(43-39)33-10-6-3-7-11-33/h2-25,27,37H,26H2,1H3/b15-14+. The Morgan fingerprint density at radius 2 is 1.26 bits per heavy atom. The summed E-state index contributed by atoms with van der Waals surface area (Å²) in [4.78, 5) is 4.48. The van der Waals surface area contributed by atoms with E-state index >= 15 is 0 Å². The Balaban J connectivity index is 1.07. The smallest absolute Gasteiger partial charge is 0.226 e. The van der Waals surface area contributed by atoms with Crippen LogP contribution in [0.15, 0.2) is 149 Å². The third-order valence-electron chi connectivity index (χ3n) is 7.83. The van der Waals surface area contributed by atoms with E-state index in [0.29, 0.717) is 5.89 Å². The van der Waals surface area contributed by atoms with Crippen LogP contribution >= 0.6 is 0 Å². The maximum atomic E-state index is 6.01. The Kier molecular flexibility index (Phi) is 7.24. The molecule has 0 saturated heterocycles. The molecule has 1 aromatic heterocycles. The van der Waals surface area contributed by atoms with Crippen molar-refractivity contribution in [3.8, 4) is 22.8 Å². The third-order valence-corrected chi connectivity index (χ3v) is 7.83. The van der Waals surface area contributed by atoms with Gasteiger partial charge in [-0.3, -0.25) is 5.01 Å². The normalized spacial score (nSPS) is 14.8. The fraction of sp³-hybridized carbons (Fsp3) is 0.0769. The van der Waals surface area contributed by atoms with Crippen molar-refractivity contribution in [3.05, 3.63) is 167 Å². The summed E-state index contributed by atoms with van der Waals surface area (Å²) in [7, 11) is 0. The van der Waals surface area contributed by atoms with Crippen LogP contribution in [-0.2, 0) is 0 Å². The molecule has 0 aliphatic carbocycles. The summed E-state index contributed by atoms with van der Waals surface area (Å²) in [5.41, 5.74) is 10.1. The summed E-state index contributed by atoms with van der Waals surface area (Å²) in [6, 6.07) is 46.4. The predicted octanol–water partition coefficient (Wildman–Crippen LogP) is 9.84. The van der Waals surface area contributed by atoms with Gasteiger partial charge in [0.1, 0.15) is 0 Å². The topological polar surface area (TPSA) is 41.6 Å². The van der Waals surface area contributed by atoms with Gasteiger partial charge in [-0.2, -0.15) is 5.10 Å². The van der Waals surface area contributed by atoms with E-state index in [-0.39, 0.29) is 6.04 Å². The van der Waals surface area contributed by atoms with Gasteiger partial charge in [-0.1, -0.05) is 127 Å². The minimum atomic E-state index is 0.157. The maximum Gasteiger partial charge on any atom is 0.226 e. The SMILES string of the molecule is Cc1ccc(C2=NN(c3ccc(/C=C/c4ccc(-c5ncc(-c6ccccc6)o5)cc4)cc3)C(c3ccccc3)C2)cc1. The van der Waals surface area contributed by atoms with E-state index in [1.165, 1.54) is 16.7 Å². The van der Waals surface area contributed by atoms with Crippen LogP contribution in [0.3, 0.4) is 0 Å². The largest absolute Gasteiger partial charge is 0.436 e. The third kappa shape index (κ3) is 5.81. The average Bonchev–Trinajstić information content (AvgIpc) is 3.75. The molecule has 0 saturated carbocycles. The van der Waals surface area contributed by atoms with E-state index in [2.05, 4.69) is 120 Å². The number of hydrazone groups is 1. The number of aryl methyl sites for hydroxylation is 1. The van der Waals surface area contributed by atoms with E-state index < -0.39 is 0 Å². The maximum absolute atomic E-state index is 6.01. The molecule has 0 fully saturated rings. The summed E-state index contributed by atoms with van der Waals surface area (Å²) in [5, 5.41) is 7.28. The van der Waals surface area contributed by atoms with Gasteiger partial charge in [0.15, 0.2) is 5.76 Å². The number of anilines is 1. The monoisotopic (exact) mass is 557 g/mol. The number of nitrogens with zero attached hydrogens (tertiary/aromatic N) is 3. The van der Waals surface area contributed by atoms with Crippen LogP contribution in [0.2, 0.25) is 0 Å². The van der Waals surface area contributed by atoms with Crippen molar-refractivity contribution in [3.63, 3.8) is 0 Å².